The van der Waals surface area contributed by atoms with Crippen LogP contribution in [0.15, 0.2) is 24.5 Å². The van der Waals surface area contributed by atoms with Crippen LogP contribution in [0.1, 0.15) is 6.92 Å². The van der Waals surface area contributed by atoms with Crippen molar-refractivity contribution in [3.63, 3.8) is 0 Å². The number of carbonyl (C=O) groups excluding carboxylic acids is 1. The zero-order chi connectivity index (χ0) is 19.7. The predicted molar refractivity (Wildman–Crippen MR) is 108 cm³/mol. The third kappa shape index (κ3) is 3.55. The minimum absolute atomic E-state index is 0.178. The molecule has 9 nitrogen and oxygen atoms in total. The fourth-order valence-electron chi connectivity index (χ4n) is 3.12. The van der Waals surface area contributed by atoms with E-state index < -0.39 is 0 Å². The lowest BCUT2D eigenvalue weighted by atomic mass is 10.3. The number of fused-ring (bicyclic) bond motifs is 1. The maximum Gasteiger partial charge on any atom is 0.321 e. The van der Waals surface area contributed by atoms with Gasteiger partial charge in [0.25, 0.3) is 0 Å². The summed E-state index contributed by atoms with van der Waals surface area (Å²) in [5, 5.41) is 12.0. The number of nitrogens with one attached hydrogen (secondary N) is 1. The summed E-state index contributed by atoms with van der Waals surface area (Å²) in [7, 11) is 0. The second-order valence-electron chi connectivity index (χ2n) is 6.31. The maximum absolute atomic E-state index is 12.5. The van der Waals surface area contributed by atoms with Crippen molar-refractivity contribution in [1.29, 1.82) is 0 Å². The van der Waals surface area contributed by atoms with Gasteiger partial charge in [-0.15, -0.1) is 5.10 Å². The Morgan fingerprint density at radius 1 is 1.14 bits per heavy atom. The zero-order valence-corrected chi connectivity index (χ0v) is 16.7. The molecule has 146 valence electrons. The molecule has 1 aliphatic heterocycles. The van der Waals surface area contributed by atoms with Gasteiger partial charge in [0.2, 0.25) is 0 Å². The molecule has 0 spiro atoms. The Morgan fingerprint density at radius 2 is 1.93 bits per heavy atom. The number of nitrogens with zero attached hydrogens (tertiary/aromatic N) is 7. The highest BCUT2D eigenvalue weighted by molar-refractivity contribution is 6.42. The molecule has 1 aromatic carbocycles. The molecule has 1 fully saturated rings. The molecule has 0 bridgehead atoms. The Labute approximate surface area is 171 Å². The van der Waals surface area contributed by atoms with E-state index >= 15 is 0 Å². The summed E-state index contributed by atoms with van der Waals surface area (Å²) in [5.74, 6) is 0.745. The van der Waals surface area contributed by atoms with E-state index in [4.69, 9.17) is 23.2 Å². The average Bonchev–Trinajstić information content (AvgIpc) is 3.14. The van der Waals surface area contributed by atoms with E-state index in [1.165, 1.54) is 6.33 Å². The predicted octanol–water partition coefficient (Wildman–Crippen LogP) is 2.90. The lowest BCUT2D eigenvalue weighted by molar-refractivity contribution is 0.208. The number of benzene rings is 1. The van der Waals surface area contributed by atoms with Crippen molar-refractivity contribution in [3.8, 4) is 0 Å². The molecule has 0 radical (unpaired) electrons. The van der Waals surface area contributed by atoms with Gasteiger partial charge in [0.1, 0.15) is 6.33 Å². The van der Waals surface area contributed by atoms with Crippen LogP contribution in [0.2, 0.25) is 10.0 Å². The number of aromatic nitrogens is 5. The summed E-state index contributed by atoms with van der Waals surface area (Å²) < 4.78 is 1.74. The molecule has 3 aromatic rings. The van der Waals surface area contributed by atoms with Crippen molar-refractivity contribution >= 4 is 51.9 Å². The van der Waals surface area contributed by atoms with Gasteiger partial charge >= 0.3 is 6.03 Å². The molecular weight excluding hydrogens is 403 g/mol. The molecule has 1 N–H and O–H groups in total. The molecule has 2 amide bonds. The summed E-state index contributed by atoms with van der Waals surface area (Å²) in [4.78, 5) is 25.0. The summed E-state index contributed by atoms with van der Waals surface area (Å²) in [6.45, 7) is 5.07. The van der Waals surface area contributed by atoms with E-state index in [0.717, 1.165) is 5.82 Å². The molecule has 1 saturated heterocycles. The van der Waals surface area contributed by atoms with E-state index in [-0.39, 0.29) is 6.03 Å². The van der Waals surface area contributed by atoms with Gasteiger partial charge in [0.15, 0.2) is 17.0 Å². The maximum atomic E-state index is 12.5. The van der Waals surface area contributed by atoms with Gasteiger partial charge in [-0.2, -0.15) is 0 Å². The number of aryl methyl sites for hydroxylation is 1. The first kappa shape index (κ1) is 18.7. The summed E-state index contributed by atoms with van der Waals surface area (Å²) >= 11 is 11.9. The molecular formula is C17H18Cl2N8O. The number of anilines is 2. The van der Waals surface area contributed by atoms with E-state index in [0.29, 0.717) is 59.6 Å². The Balaban J connectivity index is 1.42. The summed E-state index contributed by atoms with van der Waals surface area (Å²) in [6.07, 6.45) is 1.52. The molecule has 11 heteroatoms. The molecule has 3 heterocycles. The van der Waals surface area contributed by atoms with Crippen LogP contribution >= 0.6 is 23.2 Å². The highest BCUT2D eigenvalue weighted by Crippen LogP contribution is 2.25. The fourth-order valence-corrected chi connectivity index (χ4v) is 3.42. The zero-order valence-electron chi connectivity index (χ0n) is 15.1. The first-order chi connectivity index (χ1) is 13.6. The standard InChI is InChI=1S/C17H18Cl2N8O/c1-2-27-16-14(23-24-27)15(20-10-21-16)25-5-7-26(8-6-25)17(28)22-11-3-4-12(18)13(19)9-11/h3-4,9-10H,2,5-8H2,1H3,(H,22,28). The first-order valence-electron chi connectivity index (χ1n) is 8.87. The van der Waals surface area contributed by atoms with Crippen LogP contribution in [0, 0.1) is 0 Å². The molecule has 0 unspecified atom stereocenters. The second kappa shape index (κ2) is 7.76. The molecule has 0 atom stereocenters. The van der Waals surface area contributed by atoms with Gasteiger partial charge in [-0.05, 0) is 25.1 Å². The molecule has 0 aliphatic carbocycles. The third-order valence-electron chi connectivity index (χ3n) is 4.62. The lowest BCUT2D eigenvalue weighted by Crippen LogP contribution is -2.50. The van der Waals surface area contributed by atoms with Crippen molar-refractivity contribution in [3.05, 3.63) is 34.6 Å². The van der Waals surface area contributed by atoms with Crippen LogP contribution in [0.25, 0.3) is 11.2 Å². The summed E-state index contributed by atoms with van der Waals surface area (Å²) in [6, 6.07) is 4.83. The van der Waals surface area contributed by atoms with Gasteiger partial charge in [0, 0.05) is 38.4 Å². The highest BCUT2D eigenvalue weighted by atomic mass is 35.5. The Hall–Kier alpha value is -2.65. The lowest BCUT2D eigenvalue weighted by Gasteiger charge is -2.35. The van der Waals surface area contributed by atoms with Gasteiger partial charge in [-0.3, -0.25) is 0 Å². The molecule has 2 aromatic heterocycles. The highest BCUT2D eigenvalue weighted by Gasteiger charge is 2.24. The molecule has 28 heavy (non-hydrogen) atoms. The van der Waals surface area contributed by atoms with Crippen LogP contribution in [-0.2, 0) is 6.54 Å². The number of halogens is 2. The van der Waals surface area contributed by atoms with E-state index in [1.807, 2.05) is 6.92 Å². The van der Waals surface area contributed by atoms with Crippen molar-refractivity contribution in [2.45, 2.75) is 13.5 Å². The normalized spacial score (nSPS) is 14.5. The average molecular weight is 421 g/mol. The number of amides is 2. The SMILES string of the molecule is CCn1nnc2c(N3CCN(C(=O)Nc4ccc(Cl)c(Cl)c4)CC3)ncnc21. The second-order valence-corrected chi connectivity index (χ2v) is 7.12. The van der Waals surface area contributed by atoms with E-state index in [1.54, 1.807) is 27.8 Å². The minimum Gasteiger partial charge on any atom is -0.351 e. The Bertz CT molecular complexity index is 1020. The molecule has 0 saturated carbocycles. The topological polar surface area (TPSA) is 92.1 Å². The number of urea groups is 1. The fraction of sp³-hybridized carbons (Fsp3) is 0.353. The number of carbonyl (C=O) groups is 1. The largest absolute Gasteiger partial charge is 0.351 e. The molecule has 1 aliphatic rings. The van der Waals surface area contributed by atoms with Crippen molar-refractivity contribution in [2.75, 3.05) is 36.4 Å². The van der Waals surface area contributed by atoms with Crippen LogP contribution < -0.4 is 10.2 Å². The summed E-state index contributed by atoms with van der Waals surface area (Å²) in [5.41, 5.74) is 2.00. The number of piperazine rings is 1. The smallest absolute Gasteiger partial charge is 0.321 e. The van der Waals surface area contributed by atoms with E-state index in [9.17, 15) is 4.79 Å². The van der Waals surface area contributed by atoms with Crippen LogP contribution in [-0.4, -0.2) is 62.1 Å². The van der Waals surface area contributed by atoms with Crippen LogP contribution in [0.5, 0.6) is 0 Å². The van der Waals surface area contributed by atoms with Gasteiger partial charge in [0.05, 0.1) is 10.0 Å². The van der Waals surface area contributed by atoms with Gasteiger partial charge < -0.3 is 15.1 Å². The van der Waals surface area contributed by atoms with Crippen LogP contribution in [0.4, 0.5) is 16.3 Å². The van der Waals surface area contributed by atoms with E-state index in [2.05, 4.69) is 30.5 Å². The number of hydrogen-bond acceptors (Lipinski definition) is 6. The van der Waals surface area contributed by atoms with Crippen molar-refractivity contribution in [1.82, 2.24) is 29.9 Å². The minimum atomic E-state index is -0.178. The monoisotopic (exact) mass is 420 g/mol. The van der Waals surface area contributed by atoms with Crippen LogP contribution in [0.3, 0.4) is 0 Å². The molecule has 4 rings (SSSR count). The third-order valence-corrected chi connectivity index (χ3v) is 5.36. The van der Waals surface area contributed by atoms with Gasteiger partial charge in [-0.1, -0.05) is 28.4 Å². The van der Waals surface area contributed by atoms with Gasteiger partial charge in [-0.25, -0.2) is 19.4 Å². The van der Waals surface area contributed by atoms with Crippen molar-refractivity contribution < 1.29 is 4.79 Å². The quantitative estimate of drug-likeness (QED) is 0.699. The number of rotatable bonds is 3. The first-order valence-corrected chi connectivity index (χ1v) is 9.62. The number of hydrogen-bond donors (Lipinski definition) is 1. The Kier molecular flexibility index (Phi) is 5.19. The van der Waals surface area contributed by atoms with Crippen molar-refractivity contribution in [2.24, 2.45) is 0 Å². The Morgan fingerprint density at radius 3 is 2.64 bits per heavy atom.